The molecule has 0 saturated heterocycles. The summed E-state index contributed by atoms with van der Waals surface area (Å²) in [5, 5.41) is 0. The summed E-state index contributed by atoms with van der Waals surface area (Å²) in [7, 11) is 0. The fraction of sp³-hybridized carbons (Fsp3) is 0.415. The molecule has 240 valence electrons. The van der Waals surface area contributed by atoms with Crippen molar-refractivity contribution in [2.75, 3.05) is 6.61 Å². The summed E-state index contributed by atoms with van der Waals surface area (Å²) in [4.78, 5) is 30.8. The van der Waals surface area contributed by atoms with Crippen LogP contribution >= 0.6 is 0 Å². The van der Waals surface area contributed by atoms with Gasteiger partial charge in [0.1, 0.15) is 6.61 Å². The van der Waals surface area contributed by atoms with E-state index in [-0.39, 0.29) is 22.4 Å². The molecule has 46 heavy (non-hydrogen) atoms. The Bertz CT molecular complexity index is 1670. The molecule has 0 spiro atoms. The lowest BCUT2D eigenvalue weighted by molar-refractivity contribution is -0.119. The van der Waals surface area contributed by atoms with Crippen LogP contribution in [0.4, 0.5) is 0 Å². The maximum absolute atomic E-state index is 14.3. The van der Waals surface area contributed by atoms with Crippen LogP contribution in [0.25, 0.3) is 0 Å². The molecule has 5 heteroatoms. The van der Waals surface area contributed by atoms with E-state index in [9.17, 15) is 9.59 Å². The van der Waals surface area contributed by atoms with Crippen LogP contribution in [0, 0.1) is 24.7 Å². The first-order valence-corrected chi connectivity index (χ1v) is 16.6. The molecule has 1 heterocycles. The van der Waals surface area contributed by atoms with Crippen molar-refractivity contribution in [3.63, 3.8) is 0 Å². The number of allylic oxidation sites excluding steroid dienone is 4. The fourth-order valence-corrected chi connectivity index (χ4v) is 7.74. The van der Waals surface area contributed by atoms with Gasteiger partial charge in [0, 0.05) is 47.8 Å². The van der Waals surface area contributed by atoms with Gasteiger partial charge in [0.05, 0.1) is 6.61 Å². The zero-order valence-corrected chi connectivity index (χ0v) is 28.5. The van der Waals surface area contributed by atoms with Crippen molar-refractivity contribution in [2.45, 2.75) is 93.2 Å². The second kappa shape index (κ2) is 12.2. The first-order chi connectivity index (χ1) is 21.8. The van der Waals surface area contributed by atoms with Gasteiger partial charge < -0.3 is 14.4 Å². The van der Waals surface area contributed by atoms with Gasteiger partial charge in [0.15, 0.2) is 23.1 Å². The Balaban J connectivity index is 1.48. The van der Waals surface area contributed by atoms with E-state index in [1.165, 1.54) is 11.1 Å². The summed E-state index contributed by atoms with van der Waals surface area (Å²) < 4.78 is 12.5. The van der Waals surface area contributed by atoms with Crippen molar-refractivity contribution < 1.29 is 19.1 Å². The Morgan fingerprint density at radius 3 is 1.85 bits per heavy atom. The minimum Gasteiger partial charge on any atom is -0.490 e. The smallest absolute Gasteiger partial charge is 0.162 e. The number of ketones is 2. The topological polar surface area (TPSA) is 55.8 Å². The molecule has 6 rings (SSSR count). The Labute approximate surface area is 274 Å². The van der Waals surface area contributed by atoms with Crippen molar-refractivity contribution in [1.29, 1.82) is 0 Å². The number of Topliss-reactive ketones (excluding diaryl/α,β-unsaturated/α-hetero) is 2. The third kappa shape index (κ3) is 6.42. The van der Waals surface area contributed by atoms with Crippen LogP contribution in [0.2, 0.25) is 0 Å². The minimum atomic E-state index is -0.433. The van der Waals surface area contributed by atoms with Crippen LogP contribution < -0.4 is 9.47 Å². The Hall–Kier alpha value is -4.12. The lowest BCUT2D eigenvalue weighted by atomic mass is 9.63. The molecule has 2 aliphatic carbocycles. The van der Waals surface area contributed by atoms with E-state index >= 15 is 0 Å². The molecule has 0 fully saturated rings. The molecule has 0 aromatic heterocycles. The first kappa shape index (κ1) is 31.8. The van der Waals surface area contributed by atoms with Crippen molar-refractivity contribution in [3.8, 4) is 11.5 Å². The number of carbonyl (C=O) groups excluding carboxylic acids is 2. The lowest BCUT2D eigenvalue weighted by Crippen LogP contribution is -2.44. The first-order valence-electron chi connectivity index (χ1n) is 16.6. The highest BCUT2D eigenvalue weighted by Crippen LogP contribution is 2.55. The summed E-state index contributed by atoms with van der Waals surface area (Å²) in [5.41, 5.74) is 8.89. The second-order valence-corrected chi connectivity index (χ2v) is 15.0. The van der Waals surface area contributed by atoms with E-state index in [0.717, 1.165) is 52.1 Å². The number of hydrogen-bond acceptors (Lipinski definition) is 5. The standard InChI is InChI=1S/C41H47NO4/c1-8-45-36-19-30(14-15-35(36)46-25-29-17-26(2)16-27(3)18-29)37-38-31(20-40(4,5)22-33(38)43)42(24-28-12-10-9-11-13-28)32-21-41(6,7)23-34(44)39(32)37/h9-19,37H,8,20-25H2,1-7H3. The quantitative estimate of drug-likeness (QED) is 0.252. The molecular formula is C41H47NO4. The van der Waals surface area contributed by atoms with Gasteiger partial charge in [-0.05, 0) is 73.3 Å². The summed E-state index contributed by atoms with van der Waals surface area (Å²) in [5.74, 6) is 1.12. The van der Waals surface area contributed by atoms with Crippen molar-refractivity contribution in [3.05, 3.63) is 117 Å². The van der Waals surface area contributed by atoms with Crippen LogP contribution in [-0.4, -0.2) is 23.1 Å². The highest BCUT2D eigenvalue weighted by Gasteiger charge is 2.49. The molecule has 3 aliphatic rings. The molecule has 3 aromatic carbocycles. The molecule has 1 aliphatic heterocycles. The van der Waals surface area contributed by atoms with Gasteiger partial charge in [-0.15, -0.1) is 0 Å². The van der Waals surface area contributed by atoms with Gasteiger partial charge in [-0.2, -0.15) is 0 Å². The van der Waals surface area contributed by atoms with E-state index < -0.39 is 5.92 Å². The zero-order valence-electron chi connectivity index (χ0n) is 28.5. The average Bonchev–Trinajstić information content (AvgIpc) is 2.96. The number of benzene rings is 3. The summed E-state index contributed by atoms with van der Waals surface area (Å²) >= 11 is 0. The van der Waals surface area contributed by atoms with Gasteiger partial charge in [0.25, 0.3) is 0 Å². The summed E-state index contributed by atoms with van der Waals surface area (Å²) in [6, 6.07) is 22.8. The third-order valence-corrected chi connectivity index (χ3v) is 9.48. The molecule has 0 atom stereocenters. The van der Waals surface area contributed by atoms with Gasteiger partial charge >= 0.3 is 0 Å². The van der Waals surface area contributed by atoms with Crippen LogP contribution in [0.15, 0.2) is 89.3 Å². The summed E-state index contributed by atoms with van der Waals surface area (Å²) in [6.45, 7) is 16.4. The number of nitrogens with zero attached hydrogens (tertiary/aromatic N) is 1. The van der Waals surface area contributed by atoms with E-state index in [0.29, 0.717) is 44.1 Å². The Kier molecular flexibility index (Phi) is 8.47. The predicted molar refractivity (Wildman–Crippen MR) is 183 cm³/mol. The number of aryl methyl sites for hydroxylation is 2. The van der Waals surface area contributed by atoms with Gasteiger partial charge in [-0.3, -0.25) is 9.59 Å². The SMILES string of the molecule is CCOc1cc(C2C3=C(CC(C)(C)CC3=O)N(Cc3ccccc3)C3=C2C(=O)CC(C)(C)C3)ccc1OCc1cc(C)cc(C)c1. The van der Waals surface area contributed by atoms with Gasteiger partial charge in [-0.25, -0.2) is 0 Å². The van der Waals surface area contributed by atoms with Crippen LogP contribution in [0.3, 0.4) is 0 Å². The Morgan fingerprint density at radius 1 is 0.696 bits per heavy atom. The third-order valence-electron chi connectivity index (χ3n) is 9.48. The molecular weight excluding hydrogens is 570 g/mol. The van der Waals surface area contributed by atoms with Crippen LogP contribution in [-0.2, 0) is 22.7 Å². The zero-order chi connectivity index (χ0) is 32.8. The molecule has 0 bridgehead atoms. The second-order valence-electron chi connectivity index (χ2n) is 15.0. The van der Waals surface area contributed by atoms with Crippen LogP contribution in [0.1, 0.15) is 94.0 Å². The number of ether oxygens (including phenoxy) is 2. The maximum atomic E-state index is 14.3. The van der Waals surface area contributed by atoms with E-state index in [1.807, 2.05) is 31.2 Å². The normalized spacial score (nSPS) is 19.2. The van der Waals surface area contributed by atoms with Crippen molar-refractivity contribution in [2.24, 2.45) is 10.8 Å². The average molecular weight is 618 g/mol. The van der Waals surface area contributed by atoms with Gasteiger partial charge in [0.2, 0.25) is 0 Å². The number of carbonyl (C=O) groups is 2. The van der Waals surface area contributed by atoms with E-state index in [2.05, 4.69) is 88.9 Å². The highest BCUT2D eigenvalue weighted by atomic mass is 16.5. The summed E-state index contributed by atoms with van der Waals surface area (Å²) in [6.07, 6.45) is 2.47. The molecule has 0 saturated carbocycles. The van der Waals surface area contributed by atoms with Crippen LogP contribution in [0.5, 0.6) is 11.5 Å². The Morgan fingerprint density at radius 2 is 1.28 bits per heavy atom. The molecule has 0 unspecified atom stereocenters. The monoisotopic (exact) mass is 617 g/mol. The van der Waals surface area contributed by atoms with Crippen molar-refractivity contribution in [1.82, 2.24) is 4.90 Å². The lowest BCUT2D eigenvalue weighted by Gasteiger charge is -2.49. The molecule has 0 amide bonds. The molecule has 0 radical (unpaired) electrons. The largest absolute Gasteiger partial charge is 0.490 e. The molecule has 5 nitrogen and oxygen atoms in total. The minimum absolute atomic E-state index is 0.131. The van der Waals surface area contributed by atoms with E-state index in [1.54, 1.807) is 0 Å². The van der Waals surface area contributed by atoms with E-state index in [4.69, 9.17) is 9.47 Å². The predicted octanol–water partition coefficient (Wildman–Crippen LogP) is 9.17. The fourth-order valence-electron chi connectivity index (χ4n) is 7.74. The van der Waals surface area contributed by atoms with Crippen molar-refractivity contribution >= 4 is 11.6 Å². The maximum Gasteiger partial charge on any atom is 0.162 e. The number of rotatable bonds is 8. The van der Waals surface area contributed by atoms with Gasteiger partial charge in [-0.1, -0.05) is 93.4 Å². The molecule has 3 aromatic rings. The number of hydrogen-bond donors (Lipinski definition) is 0. The highest BCUT2D eigenvalue weighted by molar-refractivity contribution is 6.06. The molecule has 0 N–H and O–H groups in total.